The van der Waals surface area contributed by atoms with Gasteiger partial charge in [0.05, 0.1) is 0 Å². The highest BCUT2D eigenvalue weighted by molar-refractivity contribution is 7.08. The molecule has 0 saturated carbocycles. The molecule has 30 heavy (non-hydrogen) atoms. The average Bonchev–Trinajstić information content (AvgIpc) is 3.31. The Morgan fingerprint density at radius 1 is 1.07 bits per heavy atom. The molecular weight excluding hydrogens is 403 g/mol. The van der Waals surface area contributed by atoms with Gasteiger partial charge in [0.2, 0.25) is 0 Å². The summed E-state index contributed by atoms with van der Waals surface area (Å²) >= 11 is 1.64. The molecule has 0 bridgehead atoms. The molecule has 0 aliphatic rings. The summed E-state index contributed by atoms with van der Waals surface area (Å²) in [5.74, 6) is -0.641. The maximum Gasteiger partial charge on any atom is 0.271 e. The number of nitrogens with zero attached hydrogens (tertiary/aromatic N) is 1. The normalized spacial score (nSPS) is 12.1. The first-order chi connectivity index (χ1) is 14.4. The summed E-state index contributed by atoms with van der Waals surface area (Å²) in [4.78, 5) is 25.0. The standard InChI is InChI=1S/C23H19FN2O3S/c1-14(15-9-10-30-13-15)12-26(18-7-5-16(24)6-8-18)19-4-2-3-17(11-19)25-20-21(27)23(29)22(20)28/h2-11,13-14,25,27H,12H2,1H3. The molecule has 0 aliphatic heterocycles. The Balaban J connectivity index is 1.67. The lowest BCUT2D eigenvalue weighted by molar-refractivity contribution is 0.466. The molecule has 0 radical (unpaired) electrons. The Kier molecular flexibility index (Phi) is 5.37. The zero-order valence-electron chi connectivity index (χ0n) is 16.1. The van der Waals surface area contributed by atoms with E-state index in [4.69, 9.17) is 0 Å². The zero-order chi connectivity index (χ0) is 21.3. The van der Waals surface area contributed by atoms with E-state index in [1.807, 2.05) is 23.6 Å². The molecule has 4 rings (SSSR count). The Labute approximate surface area is 176 Å². The quantitative estimate of drug-likeness (QED) is 0.416. The van der Waals surface area contributed by atoms with Gasteiger partial charge in [0.15, 0.2) is 5.75 Å². The summed E-state index contributed by atoms with van der Waals surface area (Å²) < 4.78 is 13.5. The topological polar surface area (TPSA) is 69.6 Å². The summed E-state index contributed by atoms with van der Waals surface area (Å²) in [5.41, 5.74) is 1.71. The Hall–Kier alpha value is -3.45. The molecule has 1 aromatic heterocycles. The smallest absolute Gasteiger partial charge is 0.271 e. The van der Waals surface area contributed by atoms with E-state index in [9.17, 15) is 19.1 Å². The predicted molar refractivity (Wildman–Crippen MR) is 119 cm³/mol. The Morgan fingerprint density at radius 2 is 1.83 bits per heavy atom. The third kappa shape index (κ3) is 3.84. The molecule has 5 nitrogen and oxygen atoms in total. The van der Waals surface area contributed by atoms with Crippen LogP contribution in [0.15, 0.2) is 74.9 Å². The van der Waals surface area contributed by atoms with E-state index < -0.39 is 16.6 Å². The van der Waals surface area contributed by atoms with Gasteiger partial charge in [0, 0.05) is 23.6 Å². The van der Waals surface area contributed by atoms with Gasteiger partial charge in [-0.25, -0.2) is 4.39 Å². The van der Waals surface area contributed by atoms with Gasteiger partial charge in [-0.3, -0.25) is 9.59 Å². The van der Waals surface area contributed by atoms with Crippen molar-refractivity contribution in [1.29, 1.82) is 0 Å². The molecule has 0 amide bonds. The molecule has 2 N–H and O–H groups in total. The first kappa shape index (κ1) is 19.8. The summed E-state index contributed by atoms with van der Waals surface area (Å²) in [6.07, 6.45) is 0. The molecule has 0 spiro atoms. The fraction of sp³-hybridized carbons (Fsp3) is 0.130. The van der Waals surface area contributed by atoms with Crippen molar-refractivity contribution >= 4 is 34.1 Å². The van der Waals surface area contributed by atoms with Crippen LogP contribution in [0.1, 0.15) is 18.4 Å². The van der Waals surface area contributed by atoms with E-state index in [1.54, 1.807) is 29.5 Å². The molecule has 3 aromatic carbocycles. The van der Waals surface area contributed by atoms with Crippen LogP contribution in [-0.2, 0) is 0 Å². The van der Waals surface area contributed by atoms with Crippen LogP contribution in [0.2, 0.25) is 0 Å². The van der Waals surface area contributed by atoms with Gasteiger partial charge in [-0.15, -0.1) is 0 Å². The van der Waals surface area contributed by atoms with Crippen molar-refractivity contribution in [1.82, 2.24) is 0 Å². The number of anilines is 4. The molecule has 0 aliphatic carbocycles. The highest BCUT2D eigenvalue weighted by Crippen LogP contribution is 2.32. The van der Waals surface area contributed by atoms with Gasteiger partial charge >= 0.3 is 0 Å². The lowest BCUT2D eigenvalue weighted by atomic mass is 10.0. The van der Waals surface area contributed by atoms with Gasteiger partial charge in [-0.1, -0.05) is 13.0 Å². The number of benzene rings is 2. The molecule has 1 heterocycles. The van der Waals surface area contributed by atoms with Gasteiger partial charge in [-0.05, 0) is 70.8 Å². The van der Waals surface area contributed by atoms with E-state index in [1.165, 1.54) is 17.7 Å². The zero-order valence-corrected chi connectivity index (χ0v) is 16.9. The van der Waals surface area contributed by atoms with Crippen LogP contribution in [0.4, 0.5) is 27.1 Å². The third-order valence-corrected chi connectivity index (χ3v) is 5.72. The summed E-state index contributed by atoms with van der Waals surface area (Å²) in [7, 11) is 0. The Morgan fingerprint density at radius 3 is 2.50 bits per heavy atom. The van der Waals surface area contributed by atoms with E-state index in [0.717, 1.165) is 11.4 Å². The van der Waals surface area contributed by atoms with Crippen molar-refractivity contribution in [2.75, 3.05) is 16.8 Å². The maximum absolute atomic E-state index is 13.5. The largest absolute Gasteiger partial charge is 0.502 e. The van der Waals surface area contributed by atoms with Crippen LogP contribution in [0.5, 0.6) is 5.75 Å². The second kappa shape index (κ2) is 8.12. The monoisotopic (exact) mass is 422 g/mol. The number of nitrogens with one attached hydrogen (secondary N) is 1. The minimum Gasteiger partial charge on any atom is -0.502 e. The van der Waals surface area contributed by atoms with Crippen LogP contribution in [0.3, 0.4) is 0 Å². The number of halogens is 1. The van der Waals surface area contributed by atoms with Gasteiger partial charge < -0.3 is 15.3 Å². The van der Waals surface area contributed by atoms with E-state index in [-0.39, 0.29) is 17.4 Å². The van der Waals surface area contributed by atoms with Crippen molar-refractivity contribution in [3.05, 3.63) is 97.2 Å². The van der Waals surface area contributed by atoms with E-state index >= 15 is 0 Å². The van der Waals surface area contributed by atoms with E-state index in [0.29, 0.717) is 12.2 Å². The van der Waals surface area contributed by atoms with Crippen molar-refractivity contribution in [3.63, 3.8) is 0 Å². The van der Waals surface area contributed by atoms with Crippen LogP contribution in [-0.4, -0.2) is 11.7 Å². The molecule has 4 aromatic rings. The first-order valence-corrected chi connectivity index (χ1v) is 10.3. The third-order valence-electron chi connectivity index (χ3n) is 5.02. The van der Waals surface area contributed by atoms with Gasteiger partial charge in [0.1, 0.15) is 11.5 Å². The fourth-order valence-electron chi connectivity index (χ4n) is 3.31. The minimum absolute atomic E-state index is 0.0999. The molecule has 0 saturated heterocycles. The second-order valence-electron chi connectivity index (χ2n) is 7.10. The molecule has 7 heteroatoms. The lowest BCUT2D eigenvalue weighted by Gasteiger charge is -2.28. The summed E-state index contributed by atoms with van der Waals surface area (Å²) in [6, 6.07) is 15.7. The molecule has 0 fully saturated rings. The maximum atomic E-state index is 13.5. The number of aromatic hydroxyl groups is 1. The van der Waals surface area contributed by atoms with Crippen molar-refractivity contribution < 1.29 is 9.50 Å². The Bertz CT molecular complexity index is 1230. The van der Waals surface area contributed by atoms with Crippen molar-refractivity contribution in [3.8, 4) is 5.75 Å². The lowest BCUT2D eigenvalue weighted by Crippen LogP contribution is -2.32. The molecule has 1 atom stereocenters. The highest BCUT2D eigenvalue weighted by atomic mass is 32.1. The van der Waals surface area contributed by atoms with Gasteiger partial charge in [0.25, 0.3) is 10.9 Å². The number of thiophene rings is 1. The number of hydrogen-bond donors (Lipinski definition) is 2. The number of rotatable bonds is 7. The minimum atomic E-state index is -0.883. The fourth-order valence-corrected chi connectivity index (χ4v) is 4.09. The van der Waals surface area contributed by atoms with Gasteiger partial charge in [-0.2, -0.15) is 11.3 Å². The van der Waals surface area contributed by atoms with E-state index in [2.05, 4.69) is 28.6 Å². The highest BCUT2D eigenvalue weighted by Gasteiger charge is 2.21. The van der Waals surface area contributed by atoms with Crippen molar-refractivity contribution in [2.24, 2.45) is 0 Å². The van der Waals surface area contributed by atoms with Crippen LogP contribution < -0.4 is 21.1 Å². The predicted octanol–water partition coefficient (Wildman–Crippen LogP) is 4.87. The SMILES string of the molecule is CC(CN(c1ccc(F)cc1)c1cccc(Nc2c(O)c(=O)c2=O)c1)c1ccsc1. The molecule has 152 valence electrons. The van der Waals surface area contributed by atoms with Crippen LogP contribution in [0.25, 0.3) is 0 Å². The second-order valence-corrected chi connectivity index (χ2v) is 7.88. The molecular formula is C23H19FN2O3S. The van der Waals surface area contributed by atoms with Crippen LogP contribution >= 0.6 is 11.3 Å². The molecule has 1 unspecified atom stereocenters. The summed E-state index contributed by atoms with van der Waals surface area (Å²) in [6.45, 7) is 2.78. The van der Waals surface area contributed by atoms with Crippen molar-refractivity contribution in [2.45, 2.75) is 12.8 Å². The van der Waals surface area contributed by atoms with Crippen LogP contribution in [0, 0.1) is 5.82 Å². The average molecular weight is 422 g/mol. The number of hydrogen-bond acceptors (Lipinski definition) is 6. The summed E-state index contributed by atoms with van der Waals surface area (Å²) in [5, 5.41) is 16.6. The first-order valence-electron chi connectivity index (χ1n) is 9.38.